The second-order valence-electron chi connectivity index (χ2n) is 9.24. The topological polar surface area (TPSA) is 138 Å². The Kier molecular flexibility index (Phi) is 7.02. The van der Waals surface area contributed by atoms with Gasteiger partial charge in [-0.1, -0.05) is 36.0 Å². The fourth-order valence-corrected chi connectivity index (χ4v) is 5.25. The maximum Gasteiger partial charge on any atom is 0.191 e. The minimum atomic E-state index is -1.17. The van der Waals surface area contributed by atoms with Crippen molar-refractivity contribution in [1.29, 1.82) is 0 Å². The van der Waals surface area contributed by atoms with E-state index in [9.17, 15) is 14.6 Å². The van der Waals surface area contributed by atoms with E-state index in [2.05, 4.69) is 25.6 Å². The molecule has 2 fully saturated rings. The van der Waals surface area contributed by atoms with Crippen molar-refractivity contribution in [2.75, 3.05) is 24.3 Å². The van der Waals surface area contributed by atoms with Crippen molar-refractivity contribution in [3.63, 3.8) is 0 Å². The highest BCUT2D eigenvalue weighted by molar-refractivity contribution is 7.99. The maximum atomic E-state index is 14.1. The van der Waals surface area contributed by atoms with Crippen LogP contribution in [0, 0.1) is 12.7 Å². The molecule has 2 aromatic heterocycles. The SMILES string of the molecule is [2H][C@@]1(Nc2nc(SCCC)nc3c2nnn3[C@@H]2C[C@H](OCCO)[C@@H](O)[C@H]2O)C[C@H]1c1ccc(C)c(F)c1. The second kappa shape index (κ2) is 10.5. The second-order valence-corrected chi connectivity index (χ2v) is 10.3. The van der Waals surface area contributed by atoms with Crippen molar-refractivity contribution < 1.29 is 25.8 Å². The molecule has 0 aliphatic heterocycles. The van der Waals surface area contributed by atoms with Crippen LogP contribution in [-0.4, -0.2) is 83.6 Å². The van der Waals surface area contributed by atoms with E-state index in [4.69, 9.17) is 11.2 Å². The van der Waals surface area contributed by atoms with Crippen LogP contribution in [0.2, 0.25) is 0 Å². The van der Waals surface area contributed by atoms with Crippen LogP contribution in [0.4, 0.5) is 10.2 Å². The molecule has 3 aromatic rings. The predicted molar refractivity (Wildman–Crippen MR) is 133 cm³/mol. The van der Waals surface area contributed by atoms with Crippen LogP contribution >= 0.6 is 11.8 Å². The van der Waals surface area contributed by atoms with Crippen molar-refractivity contribution in [3.05, 3.63) is 35.1 Å². The zero-order chi connectivity index (χ0) is 26.3. The standard InChI is InChI=1S/C24H31FN6O4S/c1-3-8-36-24-27-22(26-16-10-14(16)13-5-4-12(2)15(25)9-13)19-23(28-24)31(30-29-19)17-11-18(35-7-6-32)21(34)20(17)33/h4-5,9,14,16-18,20-21,32-34H,3,6-8,10-11H2,1-2H3,(H,26,27,28)/t14-,16+,17+,18-,20-,21+/m0/s1/i16D. The van der Waals surface area contributed by atoms with Gasteiger partial charge in [-0.2, -0.15) is 0 Å². The van der Waals surface area contributed by atoms with Gasteiger partial charge in [-0.15, -0.1) is 5.10 Å². The molecule has 36 heavy (non-hydrogen) atoms. The van der Waals surface area contributed by atoms with E-state index in [0.717, 1.165) is 17.7 Å². The van der Waals surface area contributed by atoms with Gasteiger partial charge in [-0.3, -0.25) is 0 Å². The molecule has 2 aliphatic rings. The lowest BCUT2D eigenvalue weighted by atomic mass is 10.1. The fourth-order valence-electron chi connectivity index (χ4n) is 4.55. The van der Waals surface area contributed by atoms with Crippen LogP contribution in [-0.2, 0) is 4.74 Å². The van der Waals surface area contributed by atoms with E-state index < -0.39 is 30.4 Å². The number of aryl methyl sites for hydroxylation is 1. The summed E-state index contributed by atoms with van der Waals surface area (Å²) in [5.74, 6) is 0.619. The van der Waals surface area contributed by atoms with E-state index in [0.29, 0.717) is 34.1 Å². The molecule has 4 N–H and O–H groups in total. The van der Waals surface area contributed by atoms with E-state index in [-0.39, 0.29) is 31.4 Å². The number of benzene rings is 1. The van der Waals surface area contributed by atoms with E-state index >= 15 is 0 Å². The summed E-state index contributed by atoms with van der Waals surface area (Å²) in [7, 11) is 0. The van der Waals surface area contributed by atoms with Gasteiger partial charge in [0.2, 0.25) is 0 Å². The fraction of sp³-hybridized carbons (Fsp3) is 0.583. The highest BCUT2D eigenvalue weighted by Gasteiger charge is 2.45. The summed E-state index contributed by atoms with van der Waals surface area (Å²) in [5.41, 5.74) is 2.02. The lowest BCUT2D eigenvalue weighted by molar-refractivity contribution is -0.0629. The van der Waals surface area contributed by atoms with Crippen LogP contribution in [0.5, 0.6) is 0 Å². The van der Waals surface area contributed by atoms with Crippen LogP contribution in [0.1, 0.15) is 50.6 Å². The van der Waals surface area contributed by atoms with E-state index in [1.165, 1.54) is 22.5 Å². The summed E-state index contributed by atoms with van der Waals surface area (Å²) in [6, 6.07) is 3.30. The number of halogens is 1. The number of fused-ring (bicyclic) bond motifs is 1. The molecule has 2 saturated carbocycles. The minimum Gasteiger partial charge on any atom is -0.394 e. The van der Waals surface area contributed by atoms with Gasteiger partial charge in [0.05, 0.1) is 26.7 Å². The van der Waals surface area contributed by atoms with Crippen molar-refractivity contribution in [2.45, 2.75) is 74.6 Å². The number of aliphatic hydroxyl groups excluding tert-OH is 3. The smallest absolute Gasteiger partial charge is 0.191 e. The van der Waals surface area contributed by atoms with Crippen molar-refractivity contribution >= 4 is 28.7 Å². The molecule has 12 heteroatoms. The molecule has 2 aliphatic carbocycles. The number of aliphatic hydroxyl groups is 3. The number of nitrogens with zero attached hydrogens (tertiary/aromatic N) is 5. The molecule has 0 unspecified atom stereocenters. The Morgan fingerprint density at radius 2 is 2.11 bits per heavy atom. The summed E-state index contributed by atoms with van der Waals surface area (Å²) >= 11 is 1.46. The molecular formula is C24H31FN6O4S. The summed E-state index contributed by atoms with van der Waals surface area (Å²) < 4.78 is 30.1. The van der Waals surface area contributed by atoms with Crippen molar-refractivity contribution in [2.24, 2.45) is 0 Å². The first kappa shape index (κ1) is 24.0. The summed E-state index contributed by atoms with van der Waals surface area (Å²) in [4.78, 5) is 9.26. The third-order valence-corrected chi connectivity index (χ3v) is 7.69. The number of thioether (sulfide) groups is 1. The summed E-state index contributed by atoms with van der Waals surface area (Å²) in [6.45, 7) is 3.61. The molecule has 0 radical (unpaired) electrons. The first-order chi connectivity index (χ1) is 17.8. The van der Waals surface area contributed by atoms with E-state index in [1.54, 1.807) is 13.0 Å². The molecule has 2 heterocycles. The van der Waals surface area contributed by atoms with Gasteiger partial charge in [0.15, 0.2) is 22.1 Å². The number of nitrogens with one attached hydrogen (secondary N) is 1. The van der Waals surface area contributed by atoms with Crippen molar-refractivity contribution in [3.8, 4) is 0 Å². The Labute approximate surface area is 213 Å². The van der Waals surface area contributed by atoms with Crippen LogP contribution < -0.4 is 5.32 Å². The third kappa shape index (κ3) is 4.92. The van der Waals surface area contributed by atoms with Gasteiger partial charge in [0.1, 0.15) is 18.0 Å². The average Bonchev–Trinajstić information content (AvgIpc) is 3.22. The Bertz CT molecular complexity index is 1280. The number of aromatic nitrogens is 5. The maximum absolute atomic E-state index is 14.1. The number of hydrogen-bond acceptors (Lipinski definition) is 10. The monoisotopic (exact) mass is 519 g/mol. The molecule has 1 aromatic carbocycles. The van der Waals surface area contributed by atoms with Gasteiger partial charge in [-0.25, -0.2) is 19.0 Å². The zero-order valence-electron chi connectivity index (χ0n) is 21.1. The number of anilines is 1. The Balaban J connectivity index is 1.46. The van der Waals surface area contributed by atoms with Crippen LogP contribution in [0.3, 0.4) is 0 Å². The molecule has 6 atom stereocenters. The van der Waals surface area contributed by atoms with Gasteiger partial charge in [0.25, 0.3) is 0 Å². The van der Waals surface area contributed by atoms with Crippen LogP contribution in [0.15, 0.2) is 23.4 Å². The molecule has 194 valence electrons. The third-order valence-electron chi connectivity index (χ3n) is 6.64. The Morgan fingerprint density at radius 3 is 2.86 bits per heavy atom. The van der Waals surface area contributed by atoms with Gasteiger partial charge in [0, 0.05) is 24.1 Å². The molecule has 0 bridgehead atoms. The predicted octanol–water partition coefficient (Wildman–Crippen LogP) is 2.18. The lowest BCUT2D eigenvalue weighted by Gasteiger charge is -2.17. The average molecular weight is 520 g/mol. The van der Waals surface area contributed by atoms with Crippen LogP contribution in [0.25, 0.3) is 11.2 Å². The molecule has 0 spiro atoms. The Morgan fingerprint density at radius 1 is 1.28 bits per heavy atom. The minimum absolute atomic E-state index is 0.0466. The molecular weight excluding hydrogens is 487 g/mol. The summed E-state index contributed by atoms with van der Waals surface area (Å²) in [6.07, 6.45) is -1.34. The quantitative estimate of drug-likeness (QED) is 0.233. The largest absolute Gasteiger partial charge is 0.394 e. The first-order valence-corrected chi connectivity index (χ1v) is 13.1. The first-order valence-electron chi connectivity index (χ1n) is 12.6. The highest BCUT2D eigenvalue weighted by Crippen LogP contribution is 2.44. The molecule has 10 nitrogen and oxygen atoms in total. The Hall–Kier alpha value is -2.38. The zero-order valence-corrected chi connectivity index (χ0v) is 21.0. The molecule has 0 amide bonds. The number of ether oxygens (including phenoxy) is 1. The normalized spacial score (nSPS) is 30.1. The number of rotatable bonds is 10. The lowest BCUT2D eigenvalue weighted by Crippen LogP contribution is -2.33. The van der Waals surface area contributed by atoms with Gasteiger partial charge < -0.3 is 25.4 Å². The summed E-state index contributed by atoms with van der Waals surface area (Å²) in [5, 5.41) is 42.4. The van der Waals surface area contributed by atoms with Gasteiger partial charge >= 0.3 is 0 Å². The number of hydrogen-bond donors (Lipinski definition) is 4. The highest BCUT2D eigenvalue weighted by atomic mass is 32.2. The molecule has 0 saturated heterocycles. The van der Waals surface area contributed by atoms with Crippen molar-refractivity contribution in [1.82, 2.24) is 25.0 Å². The molecule has 5 rings (SSSR count). The van der Waals surface area contributed by atoms with E-state index in [1.807, 2.05) is 13.0 Å². The van der Waals surface area contributed by atoms with Gasteiger partial charge in [-0.05, 0) is 37.0 Å².